The number of carbonyl (C=O) groups is 2. The molecule has 28 heavy (non-hydrogen) atoms. The van der Waals surface area contributed by atoms with Gasteiger partial charge in [0.15, 0.2) is 5.66 Å². The third-order valence-corrected chi connectivity index (χ3v) is 4.61. The molecule has 2 heterocycles. The lowest BCUT2D eigenvalue weighted by molar-refractivity contribution is -0.122. The van der Waals surface area contributed by atoms with Gasteiger partial charge in [-0.2, -0.15) is 10.2 Å². The van der Waals surface area contributed by atoms with Gasteiger partial charge < -0.3 is 15.2 Å². The smallest absolute Gasteiger partial charge is 0.253 e. The summed E-state index contributed by atoms with van der Waals surface area (Å²) in [6.45, 7) is 7.33. The molecular formula is C20H27N5O3. The molecule has 2 amide bonds. The Hall–Kier alpha value is -2.95. The maximum atomic E-state index is 12.7. The van der Waals surface area contributed by atoms with Gasteiger partial charge in [-0.3, -0.25) is 14.4 Å². The summed E-state index contributed by atoms with van der Waals surface area (Å²) in [5, 5.41) is 13.7. The number of nitrogens with one attached hydrogen (secondary N) is 2. The van der Waals surface area contributed by atoms with Crippen molar-refractivity contribution in [3.8, 4) is 12.3 Å². The van der Waals surface area contributed by atoms with Crippen LogP contribution in [0.4, 0.5) is 0 Å². The van der Waals surface area contributed by atoms with Gasteiger partial charge >= 0.3 is 0 Å². The maximum Gasteiger partial charge on any atom is 0.253 e. The Kier molecular flexibility index (Phi) is 6.73. The van der Waals surface area contributed by atoms with Crippen LogP contribution in [0, 0.1) is 26.2 Å². The fourth-order valence-corrected chi connectivity index (χ4v) is 3.10. The second kappa shape index (κ2) is 8.83. The molecule has 2 rings (SSSR count). The quantitative estimate of drug-likeness (QED) is 0.632. The van der Waals surface area contributed by atoms with Crippen molar-refractivity contribution in [3.63, 3.8) is 0 Å². The molecule has 0 unspecified atom stereocenters. The van der Waals surface area contributed by atoms with E-state index in [0.29, 0.717) is 42.6 Å². The highest BCUT2D eigenvalue weighted by atomic mass is 16.2. The number of hydrogen-bond acceptors (Lipinski definition) is 5. The molecule has 0 saturated carbocycles. The molecule has 1 aliphatic rings. The fraction of sp³-hybridized carbons (Fsp3) is 0.550. The lowest BCUT2D eigenvalue weighted by Gasteiger charge is -2.17. The normalized spacial score (nSPS) is 13.9. The molecule has 0 aromatic carbocycles. The molecule has 0 fully saturated rings. The van der Waals surface area contributed by atoms with Gasteiger partial charge in [0.25, 0.3) is 11.5 Å². The first-order chi connectivity index (χ1) is 13.2. The minimum atomic E-state index is -0.461. The molecule has 0 radical (unpaired) electrons. The largest absolute Gasteiger partial charge is 0.352 e. The van der Waals surface area contributed by atoms with Crippen LogP contribution in [-0.4, -0.2) is 34.6 Å². The van der Waals surface area contributed by atoms with Crippen molar-refractivity contribution in [2.24, 2.45) is 10.2 Å². The number of aromatic nitrogens is 1. The van der Waals surface area contributed by atoms with Gasteiger partial charge in [-0.1, -0.05) is 0 Å². The average Bonchev–Trinajstić information content (AvgIpc) is 3.36. The molecule has 1 aromatic heterocycles. The number of rotatable bonds is 9. The van der Waals surface area contributed by atoms with Crippen molar-refractivity contribution in [1.29, 1.82) is 0 Å². The third-order valence-electron chi connectivity index (χ3n) is 4.61. The Bertz CT molecular complexity index is 886. The number of aryl methyl sites for hydroxylation is 1. The third kappa shape index (κ3) is 5.28. The van der Waals surface area contributed by atoms with Crippen LogP contribution in [0.25, 0.3) is 0 Å². The first-order valence-electron chi connectivity index (χ1n) is 9.35. The molecule has 8 heteroatoms. The second-order valence-corrected chi connectivity index (χ2v) is 7.33. The highest BCUT2D eigenvalue weighted by molar-refractivity contribution is 5.96. The molecule has 150 valence electrons. The van der Waals surface area contributed by atoms with Gasteiger partial charge in [-0.05, 0) is 33.3 Å². The van der Waals surface area contributed by atoms with E-state index in [9.17, 15) is 14.4 Å². The molecule has 0 aliphatic carbocycles. The Labute approximate surface area is 164 Å². The lowest BCUT2D eigenvalue weighted by Crippen LogP contribution is -2.38. The number of amides is 2. The van der Waals surface area contributed by atoms with Crippen LogP contribution in [0.5, 0.6) is 0 Å². The summed E-state index contributed by atoms with van der Waals surface area (Å²) in [6, 6.07) is 1.35. The summed E-state index contributed by atoms with van der Waals surface area (Å²) in [5.74, 6) is 2.00. The summed E-state index contributed by atoms with van der Waals surface area (Å²) in [5.41, 5.74) is 0.665. The number of pyridine rings is 1. The van der Waals surface area contributed by atoms with Crippen molar-refractivity contribution in [3.05, 3.63) is 33.2 Å². The van der Waals surface area contributed by atoms with Crippen LogP contribution < -0.4 is 16.2 Å². The predicted molar refractivity (Wildman–Crippen MR) is 106 cm³/mol. The van der Waals surface area contributed by atoms with E-state index in [1.165, 1.54) is 10.6 Å². The molecule has 0 bridgehead atoms. The molecule has 1 aliphatic heterocycles. The van der Waals surface area contributed by atoms with E-state index in [1.807, 2.05) is 13.8 Å². The van der Waals surface area contributed by atoms with E-state index in [2.05, 4.69) is 26.8 Å². The summed E-state index contributed by atoms with van der Waals surface area (Å²) in [4.78, 5) is 37.1. The predicted octanol–water partition coefficient (Wildman–Crippen LogP) is 1.69. The SMILES string of the molecule is C#CCCC1(CCNC(=O)c2c(C)cc(=O)n(CC(=O)NC(C)C)c2C)N=N1. The Morgan fingerprint density at radius 3 is 2.54 bits per heavy atom. The standard InChI is InChI=1S/C20H27N5O3/c1-6-7-8-20(23-24-20)9-10-21-19(28)18-14(4)11-17(27)25(15(18)5)12-16(26)22-13(2)3/h1,11,13H,7-10,12H2,2-5H3,(H,21,28)(H,22,26). The van der Waals surface area contributed by atoms with E-state index in [0.717, 1.165) is 0 Å². The summed E-state index contributed by atoms with van der Waals surface area (Å²) in [7, 11) is 0. The minimum absolute atomic E-state index is 0.0308. The van der Waals surface area contributed by atoms with E-state index >= 15 is 0 Å². The second-order valence-electron chi connectivity index (χ2n) is 7.33. The Balaban J connectivity index is 2.08. The number of nitrogens with zero attached hydrogens (tertiary/aromatic N) is 3. The van der Waals surface area contributed by atoms with Crippen molar-refractivity contribution in [2.45, 2.75) is 65.2 Å². The molecule has 0 saturated heterocycles. The first-order valence-corrected chi connectivity index (χ1v) is 9.35. The van der Waals surface area contributed by atoms with E-state index in [4.69, 9.17) is 6.42 Å². The molecule has 0 spiro atoms. The van der Waals surface area contributed by atoms with E-state index < -0.39 is 5.66 Å². The van der Waals surface area contributed by atoms with Gasteiger partial charge in [0, 0.05) is 43.6 Å². The minimum Gasteiger partial charge on any atom is -0.352 e. The molecular weight excluding hydrogens is 358 g/mol. The summed E-state index contributed by atoms with van der Waals surface area (Å²) < 4.78 is 1.32. The number of carbonyl (C=O) groups excluding carboxylic acids is 2. The average molecular weight is 385 g/mol. The zero-order valence-corrected chi connectivity index (χ0v) is 16.8. The Morgan fingerprint density at radius 2 is 1.96 bits per heavy atom. The van der Waals surface area contributed by atoms with Gasteiger partial charge in [0.2, 0.25) is 5.91 Å². The lowest BCUT2D eigenvalue weighted by atomic mass is 10.0. The van der Waals surface area contributed by atoms with Crippen molar-refractivity contribution < 1.29 is 9.59 Å². The molecule has 8 nitrogen and oxygen atoms in total. The van der Waals surface area contributed by atoms with Gasteiger partial charge in [0.05, 0.1) is 5.56 Å². The monoisotopic (exact) mass is 385 g/mol. The summed E-state index contributed by atoms with van der Waals surface area (Å²) >= 11 is 0. The van der Waals surface area contributed by atoms with Crippen LogP contribution in [0.3, 0.4) is 0 Å². The van der Waals surface area contributed by atoms with Crippen molar-refractivity contribution in [1.82, 2.24) is 15.2 Å². The molecule has 1 aromatic rings. The molecule has 2 N–H and O–H groups in total. The Morgan fingerprint density at radius 1 is 1.29 bits per heavy atom. The van der Waals surface area contributed by atoms with Crippen molar-refractivity contribution >= 4 is 11.8 Å². The van der Waals surface area contributed by atoms with Crippen LogP contribution in [0.2, 0.25) is 0 Å². The van der Waals surface area contributed by atoms with Gasteiger partial charge in [-0.15, -0.1) is 12.3 Å². The summed E-state index contributed by atoms with van der Waals surface area (Å²) in [6.07, 6.45) is 7.12. The van der Waals surface area contributed by atoms with Crippen LogP contribution in [0.1, 0.15) is 54.7 Å². The first kappa shape index (κ1) is 21.4. The van der Waals surface area contributed by atoms with Crippen molar-refractivity contribution in [2.75, 3.05) is 6.54 Å². The zero-order valence-electron chi connectivity index (χ0n) is 16.8. The topological polar surface area (TPSA) is 105 Å². The highest BCUT2D eigenvalue weighted by Gasteiger charge is 2.38. The number of hydrogen-bond donors (Lipinski definition) is 2. The maximum absolute atomic E-state index is 12.7. The fourth-order valence-electron chi connectivity index (χ4n) is 3.10. The molecule has 0 atom stereocenters. The highest BCUT2D eigenvalue weighted by Crippen LogP contribution is 2.36. The van der Waals surface area contributed by atoms with E-state index in [-0.39, 0.29) is 30.0 Å². The van der Waals surface area contributed by atoms with E-state index in [1.54, 1.807) is 13.8 Å². The van der Waals surface area contributed by atoms with Crippen LogP contribution >= 0.6 is 0 Å². The number of terminal acetylenes is 1. The van der Waals surface area contributed by atoms with Crippen LogP contribution in [0.15, 0.2) is 21.1 Å². The van der Waals surface area contributed by atoms with Crippen LogP contribution in [-0.2, 0) is 11.3 Å². The van der Waals surface area contributed by atoms with Gasteiger partial charge in [-0.25, -0.2) is 0 Å². The van der Waals surface area contributed by atoms with Gasteiger partial charge in [0.1, 0.15) is 6.54 Å². The zero-order chi connectivity index (χ0) is 20.9.